The van der Waals surface area contributed by atoms with Gasteiger partial charge in [-0.2, -0.15) is 0 Å². The summed E-state index contributed by atoms with van der Waals surface area (Å²) in [7, 11) is 1.66. The summed E-state index contributed by atoms with van der Waals surface area (Å²) >= 11 is 0. The number of aliphatic hydroxyl groups is 1. The molecule has 1 atom stereocenters. The first-order chi connectivity index (χ1) is 15.9. The molecule has 5 N–H and O–H groups in total. The average Bonchev–Trinajstić information content (AvgIpc) is 3.01. The van der Waals surface area contributed by atoms with Crippen LogP contribution in [0.2, 0.25) is 0 Å². The fourth-order valence-corrected chi connectivity index (χ4v) is 4.00. The molecule has 0 heterocycles. The highest BCUT2D eigenvalue weighted by Gasteiger charge is 2.23. The number of nitrogens with one attached hydrogen (secondary N) is 1. The van der Waals surface area contributed by atoms with Crippen LogP contribution in [0.1, 0.15) is 36.8 Å². The van der Waals surface area contributed by atoms with Gasteiger partial charge in [-0.1, -0.05) is 24.3 Å². The van der Waals surface area contributed by atoms with Crippen molar-refractivity contribution in [2.45, 2.75) is 38.1 Å². The van der Waals surface area contributed by atoms with Gasteiger partial charge in [-0.3, -0.25) is 9.79 Å². The van der Waals surface area contributed by atoms with Crippen LogP contribution in [-0.2, 0) is 11.2 Å². The van der Waals surface area contributed by atoms with Crippen LogP contribution in [0.4, 0.5) is 4.39 Å². The molecule has 0 aromatic heterocycles. The van der Waals surface area contributed by atoms with E-state index in [1.54, 1.807) is 37.4 Å². The molecule has 0 aliphatic heterocycles. The number of benzene rings is 2. The molecule has 1 aliphatic rings. The number of nitrogens with zero attached hydrogens (tertiary/aromatic N) is 1. The molecule has 1 fully saturated rings. The number of amides is 1. The molecular formula is C26H30FN3O3. The first kappa shape index (κ1) is 24.2. The highest BCUT2D eigenvalue weighted by molar-refractivity contribution is 6.18. The number of carbonyl (C=O) groups is 1. The third-order valence-electron chi connectivity index (χ3n) is 5.67. The Morgan fingerprint density at radius 2 is 1.94 bits per heavy atom. The smallest absolute Gasteiger partial charge is 0.267 e. The van der Waals surface area contributed by atoms with Crippen LogP contribution in [0.3, 0.4) is 0 Å². The van der Waals surface area contributed by atoms with E-state index in [1.165, 1.54) is 12.1 Å². The number of allylic oxidation sites excluding steroid dienone is 2. The minimum atomic E-state index is -0.531. The zero-order chi connectivity index (χ0) is 23.8. The Kier molecular flexibility index (Phi) is 8.38. The van der Waals surface area contributed by atoms with Crippen LogP contribution in [0.15, 0.2) is 70.4 Å². The normalized spacial score (nSPS) is 19.2. The maximum Gasteiger partial charge on any atom is 0.267 e. The zero-order valence-corrected chi connectivity index (χ0v) is 18.7. The van der Waals surface area contributed by atoms with Crippen LogP contribution < -0.4 is 11.1 Å². The monoisotopic (exact) mass is 451 g/mol. The van der Waals surface area contributed by atoms with Crippen molar-refractivity contribution < 1.29 is 19.4 Å². The molecule has 1 aliphatic carbocycles. The van der Waals surface area contributed by atoms with Gasteiger partial charge in [0.2, 0.25) is 0 Å². The van der Waals surface area contributed by atoms with Crippen molar-refractivity contribution in [3.63, 3.8) is 0 Å². The van der Waals surface area contributed by atoms with Crippen LogP contribution >= 0.6 is 0 Å². The molecule has 3 rings (SSSR count). The second-order valence-corrected chi connectivity index (χ2v) is 8.12. The molecule has 0 spiro atoms. The third-order valence-corrected chi connectivity index (χ3v) is 5.67. The van der Waals surface area contributed by atoms with Crippen LogP contribution in [0.25, 0.3) is 6.08 Å². The molecule has 0 saturated heterocycles. The summed E-state index contributed by atoms with van der Waals surface area (Å²) < 4.78 is 13.6. The van der Waals surface area contributed by atoms with Crippen molar-refractivity contribution in [1.29, 1.82) is 0 Å². The second-order valence-electron chi connectivity index (χ2n) is 8.12. The number of halogens is 1. The van der Waals surface area contributed by atoms with Gasteiger partial charge in [0.05, 0.1) is 18.4 Å². The Bertz CT molecular complexity index is 1070. The van der Waals surface area contributed by atoms with E-state index >= 15 is 0 Å². The number of hydrogen-bond acceptors (Lipinski definition) is 5. The highest BCUT2D eigenvalue weighted by Crippen LogP contribution is 2.28. The van der Waals surface area contributed by atoms with Crippen molar-refractivity contribution in [2.24, 2.45) is 10.7 Å². The summed E-state index contributed by atoms with van der Waals surface area (Å²) in [6, 6.07) is 12.4. The lowest BCUT2D eigenvalue weighted by atomic mass is 9.96. The maximum atomic E-state index is 13.6. The fraction of sp³-hybridized carbons (Fsp3) is 0.308. The fourth-order valence-electron chi connectivity index (χ4n) is 4.00. The van der Waals surface area contributed by atoms with Gasteiger partial charge >= 0.3 is 0 Å². The molecule has 0 radical (unpaired) electrons. The van der Waals surface area contributed by atoms with Crippen molar-refractivity contribution in [3.8, 4) is 5.75 Å². The van der Waals surface area contributed by atoms with Gasteiger partial charge < -0.3 is 21.3 Å². The van der Waals surface area contributed by atoms with E-state index in [0.29, 0.717) is 24.1 Å². The summed E-state index contributed by atoms with van der Waals surface area (Å²) in [5, 5.41) is 22.0. The van der Waals surface area contributed by atoms with E-state index < -0.39 is 11.9 Å². The van der Waals surface area contributed by atoms with Gasteiger partial charge in [0.1, 0.15) is 17.3 Å². The van der Waals surface area contributed by atoms with E-state index in [-0.39, 0.29) is 23.9 Å². The van der Waals surface area contributed by atoms with Crippen molar-refractivity contribution in [2.75, 3.05) is 13.7 Å². The number of aliphatic imine (C=N–C) groups is 1. The second kappa shape index (κ2) is 11.4. The van der Waals surface area contributed by atoms with Gasteiger partial charge in [0, 0.05) is 12.6 Å². The molecule has 0 bridgehead atoms. The summed E-state index contributed by atoms with van der Waals surface area (Å²) in [6.45, 7) is -0.255. The molecule has 1 amide bonds. The number of nitrogens with two attached hydrogens (primary N) is 1. The summed E-state index contributed by atoms with van der Waals surface area (Å²) in [5.41, 5.74) is 10.2. The Balaban J connectivity index is 1.83. The maximum absolute atomic E-state index is 13.6. The van der Waals surface area contributed by atoms with Crippen LogP contribution in [-0.4, -0.2) is 41.5 Å². The Morgan fingerprint density at radius 1 is 1.21 bits per heavy atom. The van der Waals surface area contributed by atoms with E-state index in [2.05, 4.69) is 10.3 Å². The molecule has 33 heavy (non-hydrogen) atoms. The molecule has 0 unspecified atom stereocenters. The number of rotatable bonds is 6. The van der Waals surface area contributed by atoms with Gasteiger partial charge in [0.15, 0.2) is 0 Å². The predicted molar refractivity (Wildman–Crippen MR) is 128 cm³/mol. The lowest BCUT2D eigenvalue weighted by Gasteiger charge is -2.19. The zero-order valence-electron chi connectivity index (χ0n) is 18.7. The number of phenolic OH excluding ortho intramolecular Hbond substituents is 1. The van der Waals surface area contributed by atoms with Gasteiger partial charge in [-0.15, -0.1) is 0 Å². The third kappa shape index (κ3) is 6.52. The summed E-state index contributed by atoms with van der Waals surface area (Å²) in [4.78, 5) is 17.4. The number of phenols is 1. The highest BCUT2D eigenvalue weighted by atomic mass is 19.1. The molecular weight excluding hydrogens is 421 g/mol. The van der Waals surface area contributed by atoms with E-state index in [1.807, 2.05) is 12.1 Å². The van der Waals surface area contributed by atoms with Crippen LogP contribution in [0.5, 0.6) is 5.75 Å². The number of aliphatic hydroxyl groups excluding tert-OH is 1. The molecule has 174 valence electrons. The minimum absolute atomic E-state index is 0.0757. The van der Waals surface area contributed by atoms with Gasteiger partial charge in [-0.05, 0) is 79.1 Å². The molecule has 2 aromatic carbocycles. The first-order valence-electron chi connectivity index (χ1n) is 11.0. The standard InChI is InChI=1S/C26H30FN3O3/c1-29-25-19(13-18-5-4-7-20(27)14-18)6-2-3-8-23(25)24(28)26(33)30-21(16-31)15-17-9-11-22(32)12-10-17/h4-5,7,9-14,21,31-32H,2-3,6,8,15-16,28H2,1H3,(H,30,33)/b19-13+,24-23?,29-25?/t21-/m0/s1. The molecule has 2 aromatic rings. The molecule has 1 saturated carbocycles. The van der Waals surface area contributed by atoms with Crippen molar-refractivity contribution in [1.82, 2.24) is 5.32 Å². The molecule has 6 nitrogen and oxygen atoms in total. The Hall–Kier alpha value is -3.45. The first-order valence-corrected chi connectivity index (χ1v) is 11.0. The number of aromatic hydroxyl groups is 1. The van der Waals surface area contributed by atoms with Gasteiger partial charge in [0.25, 0.3) is 5.91 Å². The Morgan fingerprint density at radius 3 is 2.61 bits per heavy atom. The Labute approximate surface area is 193 Å². The largest absolute Gasteiger partial charge is 0.508 e. The van der Waals surface area contributed by atoms with E-state index in [4.69, 9.17) is 5.73 Å². The summed E-state index contributed by atoms with van der Waals surface area (Å²) in [5.74, 6) is -0.624. The number of carbonyl (C=O) groups excluding carboxylic acids is 1. The lowest BCUT2D eigenvalue weighted by molar-refractivity contribution is -0.118. The number of hydrogen-bond donors (Lipinski definition) is 4. The SMILES string of the molecule is CN=C1C(=C(N)C(=O)N[C@H](CO)Cc2ccc(O)cc2)CCCC/C1=C\c1cccc(F)c1. The quantitative estimate of drug-likeness (QED) is 0.398. The van der Waals surface area contributed by atoms with E-state index in [0.717, 1.165) is 36.0 Å². The minimum Gasteiger partial charge on any atom is -0.508 e. The molecule has 7 heteroatoms. The lowest BCUT2D eigenvalue weighted by Crippen LogP contribution is -2.42. The topological polar surface area (TPSA) is 108 Å². The predicted octanol–water partition coefficient (Wildman–Crippen LogP) is 3.49. The van der Waals surface area contributed by atoms with Crippen LogP contribution in [0, 0.1) is 5.82 Å². The van der Waals surface area contributed by atoms with Gasteiger partial charge in [-0.25, -0.2) is 4.39 Å². The average molecular weight is 452 g/mol. The van der Waals surface area contributed by atoms with Crippen molar-refractivity contribution >= 4 is 17.7 Å². The van der Waals surface area contributed by atoms with E-state index in [9.17, 15) is 19.4 Å². The summed E-state index contributed by atoms with van der Waals surface area (Å²) in [6.07, 6.45) is 5.39. The van der Waals surface area contributed by atoms with Crippen molar-refractivity contribution in [3.05, 3.63) is 82.3 Å².